The highest BCUT2D eigenvalue weighted by Crippen LogP contribution is 2.17. The van der Waals surface area contributed by atoms with Crippen molar-refractivity contribution in [1.82, 2.24) is 9.97 Å². The Balaban J connectivity index is 1.69. The Kier molecular flexibility index (Phi) is 4.91. The molecule has 0 atom stereocenters. The van der Waals surface area contributed by atoms with Crippen LogP contribution < -0.4 is 15.4 Å². The number of ether oxygens (including phenoxy) is 1. The summed E-state index contributed by atoms with van der Waals surface area (Å²) in [7, 11) is 1.66. The molecule has 0 unspecified atom stereocenters. The van der Waals surface area contributed by atoms with Crippen LogP contribution in [0.4, 0.5) is 17.5 Å². The van der Waals surface area contributed by atoms with Crippen molar-refractivity contribution in [2.75, 3.05) is 17.7 Å². The summed E-state index contributed by atoms with van der Waals surface area (Å²) in [4.78, 5) is 8.96. The summed E-state index contributed by atoms with van der Waals surface area (Å²) in [6, 6.07) is 19.8. The van der Waals surface area contributed by atoms with Crippen LogP contribution in [0, 0.1) is 6.92 Å². The fraction of sp³-hybridized carbons (Fsp3) is 0.158. The van der Waals surface area contributed by atoms with E-state index in [4.69, 9.17) is 4.74 Å². The molecule has 5 heteroatoms. The first-order chi connectivity index (χ1) is 11.7. The van der Waals surface area contributed by atoms with Gasteiger partial charge in [-0.15, -0.1) is 0 Å². The van der Waals surface area contributed by atoms with E-state index in [0.717, 1.165) is 28.5 Å². The smallest absolute Gasteiger partial charge is 0.225 e. The number of anilines is 3. The molecule has 1 heterocycles. The molecule has 0 saturated carbocycles. The SMILES string of the molecule is COc1ccc(CNc2nc(C)cc(Nc3ccccc3)n2)cc1. The average Bonchev–Trinajstić information content (AvgIpc) is 2.61. The van der Waals surface area contributed by atoms with Crippen molar-refractivity contribution in [3.8, 4) is 5.75 Å². The summed E-state index contributed by atoms with van der Waals surface area (Å²) < 4.78 is 5.17. The molecule has 3 rings (SSSR count). The van der Waals surface area contributed by atoms with E-state index in [1.807, 2.05) is 67.6 Å². The van der Waals surface area contributed by atoms with Gasteiger partial charge in [0.25, 0.3) is 0 Å². The van der Waals surface area contributed by atoms with Crippen LogP contribution in [0.3, 0.4) is 0 Å². The molecular weight excluding hydrogens is 300 g/mol. The van der Waals surface area contributed by atoms with Crippen LogP contribution in [-0.4, -0.2) is 17.1 Å². The van der Waals surface area contributed by atoms with Gasteiger partial charge in [-0.05, 0) is 36.8 Å². The van der Waals surface area contributed by atoms with Crippen molar-refractivity contribution in [3.63, 3.8) is 0 Å². The number of benzene rings is 2. The Morgan fingerprint density at radius 3 is 2.42 bits per heavy atom. The molecular formula is C19H20N4O. The van der Waals surface area contributed by atoms with Crippen LogP contribution in [0.25, 0.3) is 0 Å². The predicted octanol–water partition coefficient (Wildman–Crippen LogP) is 4.15. The van der Waals surface area contributed by atoms with Gasteiger partial charge >= 0.3 is 0 Å². The van der Waals surface area contributed by atoms with Crippen molar-refractivity contribution in [3.05, 3.63) is 71.9 Å². The maximum Gasteiger partial charge on any atom is 0.225 e. The minimum absolute atomic E-state index is 0.601. The summed E-state index contributed by atoms with van der Waals surface area (Å²) in [5.74, 6) is 2.22. The van der Waals surface area contributed by atoms with E-state index in [1.54, 1.807) is 7.11 Å². The van der Waals surface area contributed by atoms with Crippen LogP contribution in [0.1, 0.15) is 11.3 Å². The Bertz CT molecular complexity index is 788. The number of aryl methyl sites for hydroxylation is 1. The van der Waals surface area contributed by atoms with Crippen molar-refractivity contribution >= 4 is 17.5 Å². The normalized spacial score (nSPS) is 10.2. The van der Waals surface area contributed by atoms with E-state index in [1.165, 1.54) is 0 Å². The van der Waals surface area contributed by atoms with Gasteiger partial charge in [-0.1, -0.05) is 30.3 Å². The van der Waals surface area contributed by atoms with Gasteiger partial charge < -0.3 is 15.4 Å². The zero-order chi connectivity index (χ0) is 16.8. The van der Waals surface area contributed by atoms with Gasteiger partial charge in [0.15, 0.2) is 0 Å². The number of nitrogens with one attached hydrogen (secondary N) is 2. The maximum absolute atomic E-state index is 5.17. The summed E-state index contributed by atoms with van der Waals surface area (Å²) >= 11 is 0. The lowest BCUT2D eigenvalue weighted by atomic mass is 10.2. The number of hydrogen-bond donors (Lipinski definition) is 2. The van der Waals surface area contributed by atoms with Gasteiger partial charge in [0, 0.05) is 24.0 Å². The van der Waals surface area contributed by atoms with Gasteiger partial charge in [0.05, 0.1) is 7.11 Å². The summed E-state index contributed by atoms with van der Waals surface area (Å²) in [6.07, 6.45) is 0. The van der Waals surface area contributed by atoms with Crippen molar-refractivity contribution < 1.29 is 4.74 Å². The van der Waals surface area contributed by atoms with Crippen LogP contribution in [0.15, 0.2) is 60.7 Å². The Hall–Kier alpha value is -3.08. The third-order valence-electron chi connectivity index (χ3n) is 3.51. The third-order valence-corrected chi connectivity index (χ3v) is 3.51. The predicted molar refractivity (Wildman–Crippen MR) is 96.8 cm³/mol. The van der Waals surface area contributed by atoms with E-state index >= 15 is 0 Å². The molecule has 0 saturated heterocycles. The fourth-order valence-corrected chi connectivity index (χ4v) is 2.31. The van der Waals surface area contributed by atoms with E-state index in [9.17, 15) is 0 Å². The molecule has 0 amide bonds. The molecule has 0 bridgehead atoms. The van der Waals surface area contributed by atoms with Crippen LogP contribution in [0.5, 0.6) is 5.75 Å². The first kappa shape index (κ1) is 15.8. The maximum atomic E-state index is 5.17. The van der Waals surface area contributed by atoms with Gasteiger partial charge in [0.1, 0.15) is 11.6 Å². The molecule has 122 valence electrons. The topological polar surface area (TPSA) is 59.1 Å². The largest absolute Gasteiger partial charge is 0.497 e. The van der Waals surface area contributed by atoms with Crippen LogP contribution >= 0.6 is 0 Å². The highest BCUT2D eigenvalue weighted by molar-refractivity contribution is 5.57. The second-order valence-corrected chi connectivity index (χ2v) is 5.41. The number of nitrogens with zero attached hydrogens (tertiary/aromatic N) is 2. The standard InChI is InChI=1S/C19H20N4O/c1-14-12-18(22-16-6-4-3-5-7-16)23-19(21-14)20-13-15-8-10-17(24-2)11-9-15/h3-12H,13H2,1-2H3,(H2,20,21,22,23). The second-order valence-electron chi connectivity index (χ2n) is 5.41. The molecule has 0 aliphatic rings. The zero-order valence-electron chi connectivity index (χ0n) is 13.8. The van der Waals surface area contributed by atoms with Crippen molar-refractivity contribution in [2.24, 2.45) is 0 Å². The lowest BCUT2D eigenvalue weighted by molar-refractivity contribution is 0.414. The monoisotopic (exact) mass is 320 g/mol. The molecule has 3 aromatic rings. The van der Waals surface area contributed by atoms with E-state index in [-0.39, 0.29) is 0 Å². The average molecular weight is 320 g/mol. The van der Waals surface area contributed by atoms with Gasteiger partial charge in [0.2, 0.25) is 5.95 Å². The van der Waals surface area contributed by atoms with Gasteiger partial charge in [-0.2, -0.15) is 4.98 Å². The molecule has 24 heavy (non-hydrogen) atoms. The first-order valence-electron chi connectivity index (χ1n) is 7.77. The molecule has 1 aromatic heterocycles. The Labute approximate surface area is 141 Å². The van der Waals surface area contributed by atoms with Crippen LogP contribution in [-0.2, 0) is 6.54 Å². The number of hydrogen-bond acceptors (Lipinski definition) is 5. The van der Waals surface area contributed by atoms with E-state index in [2.05, 4.69) is 20.6 Å². The molecule has 2 aromatic carbocycles. The molecule has 5 nitrogen and oxygen atoms in total. The highest BCUT2D eigenvalue weighted by Gasteiger charge is 2.03. The van der Waals surface area contributed by atoms with Crippen molar-refractivity contribution in [1.29, 1.82) is 0 Å². The minimum Gasteiger partial charge on any atom is -0.497 e. The third kappa shape index (κ3) is 4.23. The molecule has 0 aliphatic heterocycles. The zero-order valence-corrected chi connectivity index (χ0v) is 13.8. The molecule has 0 radical (unpaired) electrons. The molecule has 0 aliphatic carbocycles. The van der Waals surface area contributed by atoms with Gasteiger partial charge in [-0.25, -0.2) is 4.98 Å². The molecule has 0 spiro atoms. The Morgan fingerprint density at radius 2 is 1.71 bits per heavy atom. The summed E-state index contributed by atoms with van der Waals surface area (Å²) in [5, 5.41) is 6.55. The fourth-order valence-electron chi connectivity index (χ4n) is 2.31. The lowest BCUT2D eigenvalue weighted by Crippen LogP contribution is -2.06. The summed E-state index contributed by atoms with van der Waals surface area (Å²) in [6.45, 7) is 2.61. The van der Waals surface area contributed by atoms with Crippen LogP contribution in [0.2, 0.25) is 0 Å². The number of methoxy groups -OCH3 is 1. The number of rotatable bonds is 6. The minimum atomic E-state index is 0.601. The second kappa shape index (κ2) is 7.46. The van der Waals surface area contributed by atoms with E-state index < -0.39 is 0 Å². The Morgan fingerprint density at radius 1 is 0.958 bits per heavy atom. The molecule has 2 N–H and O–H groups in total. The molecule has 0 fully saturated rings. The van der Waals surface area contributed by atoms with E-state index in [0.29, 0.717) is 12.5 Å². The van der Waals surface area contributed by atoms with Gasteiger partial charge in [-0.3, -0.25) is 0 Å². The quantitative estimate of drug-likeness (QED) is 0.714. The summed E-state index contributed by atoms with van der Waals surface area (Å²) in [5.41, 5.74) is 3.04. The lowest BCUT2D eigenvalue weighted by Gasteiger charge is -2.10. The number of aromatic nitrogens is 2. The number of para-hydroxylation sites is 1. The van der Waals surface area contributed by atoms with Crippen molar-refractivity contribution in [2.45, 2.75) is 13.5 Å². The highest BCUT2D eigenvalue weighted by atomic mass is 16.5. The first-order valence-corrected chi connectivity index (χ1v) is 7.77.